The van der Waals surface area contributed by atoms with E-state index in [0.717, 1.165) is 27.9 Å². The van der Waals surface area contributed by atoms with E-state index in [2.05, 4.69) is 33.8 Å². The number of amides is 1. The summed E-state index contributed by atoms with van der Waals surface area (Å²) in [6.07, 6.45) is 0.294. The average Bonchev–Trinajstić information content (AvgIpc) is 3.23. The van der Waals surface area contributed by atoms with Gasteiger partial charge in [-0.2, -0.15) is 0 Å². The monoisotopic (exact) mass is 511 g/mol. The third-order valence-corrected chi connectivity index (χ3v) is 6.54. The normalized spacial score (nSPS) is 10.8. The predicted molar refractivity (Wildman–Crippen MR) is 140 cm³/mol. The number of anilines is 2. The molecule has 0 bridgehead atoms. The molecule has 34 heavy (non-hydrogen) atoms. The van der Waals surface area contributed by atoms with E-state index in [1.807, 2.05) is 53.1 Å². The predicted octanol–water partition coefficient (Wildman–Crippen LogP) is 6.62. The molecule has 1 aromatic heterocycles. The van der Waals surface area contributed by atoms with Gasteiger partial charge in [0.25, 0.3) is 0 Å². The highest BCUT2D eigenvalue weighted by atomic mass is 35.5. The highest BCUT2D eigenvalue weighted by Crippen LogP contribution is 2.27. The number of aromatic nitrogens is 3. The van der Waals surface area contributed by atoms with E-state index in [1.165, 1.54) is 11.8 Å². The molecule has 1 heterocycles. The van der Waals surface area contributed by atoms with Crippen LogP contribution in [0.5, 0.6) is 0 Å². The Labute approximate surface area is 212 Å². The van der Waals surface area contributed by atoms with Crippen LogP contribution in [0.15, 0.2) is 78.0 Å². The quantitative estimate of drug-likeness (QED) is 0.247. The lowest BCUT2D eigenvalue weighted by Crippen LogP contribution is -2.13. The molecule has 0 aliphatic rings. The van der Waals surface area contributed by atoms with Gasteiger partial charge < -0.3 is 10.6 Å². The maximum absolute atomic E-state index is 12.4. The van der Waals surface area contributed by atoms with Gasteiger partial charge in [0.1, 0.15) is 0 Å². The van der Waals surface area contributed by atoms with Crippen molar-refractivity contribution in [1.29, 1.82) is 0 Å². The number of carbonyl (C=O) groups excluding carboxylic acids is 1. The molecule has 0 aliphatic heterocycles. The van der Waals surface area contributed by atoms with E-state index in [9.17, 15) is 4.79 Å². The molecule has 174 valence electrons. The molecule has 4 rings (SSSR count). The first-order valence-corrected chi connectivity index (χ1v) is 12.4. The van der Waals surface area contributed by atoms with Gasteiger partial charge in [-0.15, -0.1) is 10.2 Å². The fourth-order valence-corrected chi connectivity index (χ4v) is 4.69. The highest BCUT2D eigenvalue weighted by Gasteiger charge is 2.15. The minimum Gasteiger partial charge on any atom is -0.378 e. The minimum atomic E-state index is -0.135. The van der Waals surface area contributed by atoms with Crippen molar-refractivity contribution in [2.45, 2.75) is 25.0 Å². The number of nitrogens with one attached hydrogen (secondary N) is 2. The molecule has 0 fully saturated rings. The lowest BCUT2D eigenvalue weighted by molar-refractivity contribution is -0.115. The molecule has 0 unspecified atom stereocenters. The zero-order valence-corrected chi connectivity index (χ0v) is 20.8. The maximum atomic E-state index is 12.4. The third-order valence-electron chi connectivity index (χ3n) is 5.06. The number of rotatable bonds is 9. The summed E-state index contributed by atoms with van der Waals surface area (Å²) in [4.78, 5) is 12.4. The van der Waals surface area contributed by atoms with Crippen LogP contribution >= 0.6 is 35.0 Å². The number of aryl methyl sites for hydroxylation is 1. The fourth-order valence-electron chi connectivity index (χ4n) is 3.33. The molecule has 1 amide bonds. The smallest absolute Gasteiger partial charge is 0.225 e. The topological polar surface area (TPSA) is 71.8 Å². The van der Waals surface area contributed by atoms with Crippen molar-refractivity contribution >= 4 is 52.2 Å². The van der Waals surface area contributed by atoms with E-state index < -0.39 is 0 Å². The van der Waals surface area contributed by atoms with E-state index >= 15 is 0 Å². The highest BCUT2D eigenvalue weighted by molar-refractivity contribution is 7.99. The maximum Gasteiger partial charge on any atom is 0.225 e. The van der Waals surface area contributed by atoms with E-state index in [4.69, 9.17) is 23.2 Å². The van der Waals surface area contributed by atoms with E-state index in [-0.39, 0.29) is 5.91 Å². The van der Waals surface area contributed by atoms with Gasteiger partial charge in [0, 0.05) is 28.6 Å². The third kappa shape index (κ3) is 6.11. The van der Waals surface area contributed by atoms with Crippen molar-refractivity contribution in [3.8, 4) is 5.69 Å². The number of carbonyl (C=O) groups is 1. The molecule has 0 aliphatic carbocycles. The van der Waals surface area contributed by atoms with Crippen LogP contribution in [0.1, 0.15) is 17.8 Å². The second-order valence-corrected chi connectivity index (χ2v) is 9.41. The molecule has 0 saturated carbocycles. The van der Waals surface area contributed by atoms with Gasteiger partial charge >= 0.3 is 0 Å². The number of hydrogen-bond donors (Lipinski definition) is 2. The summed E-state index contributed by atoms with van der Waals surface area (Å²) in [5.74, 6) is 1.19. The molecule has 0 spiro atoms. The van der Waals surface area contributed by atoms with Crippen LogP contribution in [-0.4, -0.2) is 26.4 Å². The first-order valence-electron chi connectivity index (χ1n) is 10.7. The van der Waals surface area contributed by atoms with Gasteiger partial charge in [-0.1, -0.05) is 71.4 Å². The summed E-state index contributed by atoms with van der Waals surface area (Å²) in [5, 5.41) is 16.7. The van der Waals surface area contributed by atoms with Crippen molar-refractivity contribution < 1.29 is 4.79 Å². The largest absolute Gasteiger partial charge is 0.378 e. The number of thioether (sulfide) groups is 1. The van der Waals surface area contributed by atoms with Crippen LogP contribution in [0.4, 0.5) is 11.4 Å². The first kappa shape index (κ1) is 24.1. The first-order chi connectivity index (χ1) is 16.5. The number of benzene rings is 3. The van der Waals surface area contributed by atoms with Gasteiger partial charge in [-0.3, -0.25) is 9.36 Å². The lowest BCUT2D eigenvalue weighted by atomic mass is 10.2. The molecular weight excluding hydrogens is 489 g/mol. The standard InChI is InChI=1S/C25H23Cl2N5OS/c1-17-7-5-6-10-21(17)28-16-23-30-31-25(32(23)19-8-3-2-4-9-19)34-14-13-24(33)29-22-12-11-18(26)15-20(22)27/h2-12,15,28H,13-14,16H2,1H3,(H,29,33). The zero-order valence-electron chi connectivity index (χ0n) is 18.5. The molecule has 0 atom stereocenters. The van der Waals surface area contributed by atoms with Crippen LogP contribution in [0.25, 0.3) is 5.69 Å². The van der Waals surface area contributed by atoms with Crippen LogP contribution in [0.3, 0.4) is 0 Å². The number of nitrogens with zero attached hydrogens (tertiary/aromatic N) is 3. The molecule has 0 saturated heterocycles. The summed E-state index contributed by atoms with van der Waals surface area (Å²) in [6.45, 7) is 2.58. The Morgan fingerprint density at radius 2 is 1.74 bits per heavy atom. The van der Waals surface area contributed by atoms with Crippen LogP contribution < -0.4 is 10.6 Å². The van der Waals surface area contributed by atoms with Crippen molar-refractivity contribution in [3.05, 3.63) is 94.2 Å². The molecule has 6 nitrogen and oxygen atoms in total. The van der Waals surface area contributed by atoms with Crippen LogP contribution in [0.2, 0.25) is 10.0 Å². The van der Waals surface area contributed by atoms with Crippen LogP contribution in [-0.2, 0) is 11.3 Å². The summed E-state index contributed by atoms with van der Waals surface area (Å²) in [6, 6.07) is 23.0. The Kier molecular flexibility index (Phi) is 8.11. The van der Waals surface area contributed by atoms with Crippen molar-refractivity contribution in [2.75, 3.05) is 16.4 Å². The molecule has 4 aromatic rings. The van der Waals surface area contributed by atoms with Gasteiger partial charge in [0.2, 0.25) is 5.91 Å². The minimum absolute atomic E-state index is 0.135. The van der Waals surface area contributed by atoms with Crippen molar-refractivity contribution in [1.82, 2.24) is 14.8 Å². The zero-order chi connectivity index (χ0) is 23.9. The molecule has 2 N–H and O–H groups in total. The Bertz CT molecular complexity index is 1280. The molecule has 9 heteroatoms. The Balaban J connectivity index is 1.44. The van der Waals surface area contributed by atoms with Gasteiger partial charge in [0.05, 0.1) is 17.3 Å². The van der Waals surface area contributed by atoms with Gasteiger partial charge in [-0.25, -0.2) is 0 Å². The van der Waals surface area contributed by atoms with Gasteiger partial charge in [0.15, 0.2) is 11.0 Å². The molecule has 3 aromatic carbocycles. The Morgan fingerprint density at radius 1 is 0.971 bits per heavy atom. The molecule has 0 radical (unpaired) electrons. The average molecular weight is 512 g/mol. The Hall–Kier alpha value is -3.00. The summed E-state index contributed by atoms with van der Waals surface area (Å²) in [7, 11) is 0. The van der Waals surface area contributed by atoms with E-state index in [1.54, 1.807) is 18.2 Å². The van der Waals surface area contributed by atoms with E-state index in [0.29, 0.717) is 34.5 Å². The van der Waals surface area contributed by atoms with Crippen molar-refractivity contribution in [2.24, 2.45) is 0 Å². The van der Waals surface area contributed by atoms with Crippen LogP contribution in [0, 0.1) is 6.92 Å². The number of halogens is 2. The molecular formula is C25H23Cl2N5OS. The Morgan fingerprint density at radius 3 is 2.50 bits per heavy atom. The summed E-state index contributed by atoms with van der Waals surface area (Å²) >= 11 is 13.5. The summed E-state index contributed by atoms with van der Waals surface area (Å²) < 4.78 is 2.02. The summed E-state index contributed by atoms with van der Waals surface area (Å²) in [5.41, 5.74) is 3.72. The van der Waals surface area contributed by atoms with Crippen molar-refractivity contribution in [3.63, 3.8) is 0 Å². The lowest BCUT2D eigenvalue weighted by Gasteiger charge is -2.12. The van der Waals surface area contributed by atoms with Gasteiger partial charge in [-0.05, 0) is 48.9 Å². The number of para-hydroxylation sites is 2. The number of hydrogen-bond acceptors (Lipinski definition) is 5. The SMILES string of the molecule is Cc1ccccc1NCc1nnc(SCCC(=O)Nc2ccc(Cl)cc2Cl)n1-c1ccccc1. The fraction of sp³-hybridized carbons (Fsp3) is 0.160. The second kappa shape index (κ2) is 11.4. The second-order valence-electron chi connectivity index (χ2n) is 7.51.